The van der Waals surface area contributed by atoms with Crippen molar-refractivity contribution in [3.8, 4) is 6.07 Å². The van der Waals surface area contributed by atoms with Gasteiger partial charge in [0, 0.05) is 36.4 Å². The summed E-state index contributed by atoms with van der Waals surface area (Å²) in [5.41, 5.74) is 7.71. The molecule has 0 saturated carbocycles. The summed E-state index contributed by atoms with van der Waals surface area (Å²) in [7, 11) is 0. The largest absolute Gasteiger partial charge is 0.369 e. The van der Waals surface area contributed by atoms with E-state index in [1.54, 1.807) is 6.07 Å². The SMILES string of the molecule is N#Cc1ccc(N(Cc2ccccc2Cl)C2CCN(CC(N)=O)C2)cc1Cl. The number of amides is 1. The van der Waals surface area contributed by atoms with Gasteiger partial charge in [-0.05, 0) is 36.2 Å². The number of benzene rings is 2. The molecular formula is C20H20Cl2N4O. The van der Waals surface area contributed by atoms with Crippen LogP contribution in [0, 0.1) is 11.3 Å². The van der Waals surface area contributed by atoms with E-state index in [0.29, 0.717) is 22.2 Å². The Morgan fingerprint density at radius 3 is 2.70 bits per heavy atom. The fourth-order valence-electron chi connectivity index (χ4n) is 3.45. The zero-order chi connectivity index (χ0) is 19.4. The highest BCUT2D eigenvalue weighted by Gasteiger charge is 2.29. The molecule has 7 heteroatoms. The maximum Gasteiger partial charge on any atom is 0.231 e. The number of hydrogen-bond donors (Lipinski definition) is 1. The number of nitrogens with two attached hydrogens (primary N) is 1. The van der Waals surface area contributed by atoms with E-state index >= 15 is 0 Å². The van der Waals surface area contributed by atoms with Crippen LogP contribution in [0.25, 0.3) is 0 Å². The highest BCUT2D eigenvalue weighted by atomic mass is 35.5. The Bertz CT molecular complexity index is 881. The molecule has 1 heterocycles. The van der Waals surface area contributed by atoms with Gasteiger partial charge in [0.05, 0.1) is 17.1 Å². The number of halogens is 2. The van der Waals surface area contributed by atoms with Gasteiger partial charge in [-0.3, -0.25) is 9.69 Å². The van der Waals surface area contributed by atoms with Crippen LogP contribution >= 0.6 is 23.2 Å². The van der Waals surface area contributed by atoms with Crippen LogP contribution in [0.4, 0.5) is 5.69 Å². The van der Waals surface area contributed by atoms with Crippen molar-refractivity contribution in [1.29, 1.82) is 5.26 Å². The summed E-state index contributed by atoms with van der Waals surface area (Å²) in [6.45, 7) is 2.39. The molecule has 0 spiro atoms. The van der Waals surface area contributed by atoms with Crippen molar-refractivity contribution < 1.29 is 4.79 Å². The Balaban J connectivity index is 1.90. The molecule has 0 aliphatic carbocycles. The maximum atomic E-state index is 11.3. The highest BCUT2D eigenvalue weighted by molar-refractivity contribution is 6.32. The standard InChI is InChI=1S/C20H20Cl2N4O/c21-18-4-2-1-3-15(18)11-26(16-6-5-14(10-23)19(22)9-16)17-7-8-25(12-17)13-20(24)27/h1-6,9,17H,7-8,11-13H2,(H2,24,27). The van der Waals surface area contributed by atoms with Crippen molar-refractivity contribution >= 4 is 34.8 Å². The Morgan fingerprint density at radius 1 is 1.26 bits per heavy atom. The van der Waals surface area contributed by atoms with E-state index in [-0.39, 0.29) is 18.5 Å². The molecule has 1 fully saturated rings. The molecule has 1 unspecified atom stereocenters. The summed E-state index contributed by atoms with van der Waals surface area (Å²) in [4.78, 5) is 15.5. The Labute approximate surface area is 168 Å². The highest BCUT2D eigenvalue weighted by Crippen LogP contribution is 2.30. The van der Waals surface area contributed by atoms with Gasteiger partial charge in [0.2, 0.25) is 5.91 Å². The van der Waals surface area contributed by atoms with Crippen LogP contribution in [0.2, 0.25) is 10.0 Å². The molecule has 1 saturated heterocycles. The van der Waals surface area contributed by atoms with Crippen molar-refractivity contribution in [3.05, 3.63) is 63.6 Å². The van der Waals surface area contributed by atoms with E-state index in [9.17, 15) is 4.79 Å². The third-order valence-electron chi connectivity index (χ3n) is 4.77. The lowest BCUT2D eigenvalue weighted by Crippen LogP contribution is -2.39. The van der Waals surface area contributed by atoms with Gasteiger partial charge >= 0.3 is 0 Å². The fraction of sp³-hybridized carbons (Fsp3) is 0.300. The lowest BCUT2D eigenvalue weighted by atomic mass is 10.1. The average Bonchev–Trinajstić information content (AvgIpc) is 3.08. The number of carbonyl (C=O) groups excluding carboxylic acids is 1. The second-order valence-electron chi connectivity index (χ2n) is 6.64. The number of carbonyl (C=O) groups is 1. The predicted molar refractivity (Wildman–Crippen MR) is 108 cm³/mol. The fourth-order valence-corrected chi connectivity index (χ4v) is 3.86. The number of nitrogens with zero attached hydrogens (tertiary/aromatic N) is 3. The molecule has 1 atom stereocenters. The number of hydrogen-bond acceptors (Lipinski definition) is 4. The second-order valence-corrected chi connectivity index (χ2v) is 7.45. The van der Waals surface area contributed by atoms with Gasteiger partial charge in [0.25, 0.3) is 0 Å². The quantitative estimate of drug-likeness (QED) is 0.802. The minimum absolute atomic E-state index is 0.185. The number of primary amides is 1. The first-order valence-electron chi connectivity index (χ1n) is 8.68. The zero-order valence-corrected chi connectivity index (χ0v) is 16.2. The van der Waals surface area contributed by atoms with Crippen molar-refractivity contribution in [1.82, 2.24) is 4.90 Å². The first kappa shape index (κ1) is 19.5. The molecule has 1 amide bonds. The molecular weight excluding hydrogens is 383 g/mol. The number of anilines is 1. The van der Waals surface area contributed by atoms with E-state index in [4.69, 9.17) is 34.2 Å². The van der Waals surface area contributed by atoms with Gasteiger partial charge in [-0.1, -0.05) is 41.4 Å². The third-order valence-corrected chi connectivity index (χ3v) is 5.45. The van der Waals surface area contributed by atoms with Crippen LogP contribution in [-0.2, 0) is 11.3 Å². The van der Waals surface area contributed by atoms with Crippen molar-refractivity contribution in [2.45, 2.75) is 19.0 Å². The number of nitriles is 1. The molecule has 0 bridgehead atoms. The monoisotopic (exact) mass is 402 g/mol. The molecule has 1 aliphatic rings. The van der Waals surface area contributed by atoms with Gasteiger partial charge in [0.1, 0.15) is 6.07 Å². The van der Waals surface area contributed by atoms with Crippen LogP contribution in [0.3, 0.4) is 0 Å². The van der Waals surface area contributed by atoms with Crippen molar-refractivity contribution in [3.63, 3.8) is 0 Å². The van der Waals surface area contributed by atoms with Crippen molar-refractivity contribution in [2.75, 3.05) is 24.5 Å². The van der Waals surface area contributed by atoms with Crippen molar-refractivity contribution in [2.24, 2.45) is 5.73 Å². The summed E-state index contributed by atoms with van der Waals surface area (Å²) in [5, 5.41) is 10.3. The molecule has 5 nitrogen and oxygen atoms in total. The van der Waals surface area contributed by atoms with Crippen LogP contribution in [-0.4, -0.2) is 36.5 Å². The number of likely N-dealkylation sites (tertiary alicyclic amines) is 1. The zero-order valence-electron chi connectivity index (χ0n) is 14.7. The Hall–Kier alpha value is -2.26. The summed E-state index contributed by atoms with van der Waals surface area (Å²) in [6.07, 6.45) is 0.898. The Morgan fingerprint density at radius 2 is 2.04 bits per heavy atom. The maximum absolute atomic E-state index is 11.3. The van der Waals surface area contributed by atoms with Gasteiger partial charge in [-0.15, -0.1) is 0 Å². The van der Waals surface area contributed by atoms with E-state index < -0.39 is 0 Å². The summed E-state index contributed by atoms with van der Waals surface area (Å²) in [5.74, 6) is -0.324. The molecule has 2 aromatic rings. The normalized spacial score (nSPS) is 16.9. The minimum atomic E-state index is -0.324. The third kappa shape index (κ3) is 4.72. The topological polar surface area (TPSA) is 73.4 Å². The molecule has 27 heavy (non-hydrogen) atoms. The van der Waals surface area contributed by atoms with Gasteiger partial charge in [-0.2, -0.15) is 5.26 Å². The molecule has 3 rings (SSSR count). The van der Waals surface area contributed by atoms with Crippen LogP contribution < -0.4 is 10.6 Å². The van der Waals surface area contributed by atoms with E-state index in [1.807, 2.05) is 36.4 Å². The van der Waals surface area contributed by atoms with Gasteiger partial charge < -0.3 is 10.6 Å². The Kier molecular flexibility index (Phi) is 6.22. The summed E-state index contributed by atoms with van der Waals surface area (Å²) >= 11 is 12.6. The summed E-state index contributed by atoms with van der Waals surface area (Å²) < 4.78 is 0. The van der Waals surface area contributed by atoms with E-state index in [2.05, 4.69) is 15.9 Å². The lowest BCUT2D eigenvalue weighted by Gasteiger charge is -2.32. The van der Waals surface area contributed by atoms with Gasteiger partial charge in [0.15, 0.2) is 0 Å². The summed E-state index contributed by atoms with van der Waals surface area (Å²) in [6, 6.07) is 15.4. The molecule has 2 N–H and O–H groups in total. The molecule has 2 aromatic carbocycles. The predicted octanol–water partition coefficient (Wildman–Crippen LogP) is 3.43. The smallest absolute Gasteiger partial charge is 0.231 e. The van der Waals surface area contributed by atoms with Crippen LogP contribution in [0.5, 0.6) is 0 Å². The number of rotatable bonds is 6. The first-order chi connectivity index (χ1) is 13.0. The molecule has 1 aliphatic heterocycles. The molecule has 0 aromatic heterocycles. The second kappa shape index (κ2) is 8.62. The molecule has 0 radical (unpaired) electrons. The van der Waals surface area contributed by atoms with E-state index in [1.165, 1.54) is 0 Å². The minimum Gasteiger partial charge on any atom is -0.369 e. The van der Waals surface area contributed by atoms with Crippen LogP contribution in [0.15, 0.2) is 42.5 Å². The lowest BCUT2D eigenvalue weighted by molar-refractivity contribution is -0.118. The van der Waals surface area contributed by atoms with Crippen LogP contribution in [0.1, 0.15) is 17.5 Å². The first-order valence-corrected chi connectivity index (χ1v) is 9.44. The van der Waals surface area contributed by atoms with Gasteiger partial charge in [-0.25, -0.2) is 0 Å². The van der Waals surface area contributed by atoms with E-state index in [0.717, 1.165) is 30.8 Å². The average molecular weight is 403 g/mol. The molecule has 140 valence electrons.